The van der Waals surface area contributed by atoms with Crippen molar-refractivity contribution in [2.75, 3.05) is 11.9 Å². The smallest absolute Gasteiger partial charge is 0.409 e. The van der Waals surface area contributed by atoms with Gasteiger partial charge in [0.2, 0.25) is 5.66 Å². The molecule has 2 N–H and O–H groups in total. The number of carbonyl (C=O) groups excluding carboxylic acids is 2. The van der Waals surface area contributed by atoms with Crippen LogP contribution in [0.25, 0.3) is 0 Å². The van der Waals surface area contributed by atoms with Crippen LogP contribution in [0.3, 0.4) is 0 Å². The number of esters is 1. The molecule has 8 heteroatoms. The summed E-state index contributed by atoms with van der Waals surface area (Å²) in [4.78, 5) is 24.8. The standard InChI is InChI=1S/C16H20FIN2O4/c1-5-23-13(21)16(20-14(22)24-15(2,3)4)12(18)10-8-9(17)6-7-11(10)19-16/h6-8,12,19H,5H2,1-4H3,(H,20,22). The van der Waals surface area contributed by atoms with Gasteiger partial charge in [0.1, 0.15) is 11.4 Å². The molecule has 1 aromatic rings. The fraction of sp³-hybridized carbons (Fsp3) is 0.500. The molecule has 1 aliphatic heterocycles. The number of rotatable bonds is 3. The van der Waals surface area contributed by atoms with Crippen LogP contribution in [0.15, 0.2) is 18.2 Å². The zero-order valence-corrected chi connectivity index (χ0v) is 16.1. The van der Waals surface area contributed by atoms with Crippen molar-refractivity contribution in [2.45, 2.75) is 42.9 Å². The molecule has 2 rings (SSSR count). The summed E-state index contributed by atoms with van der Waals surface area (Å²) in [5.74, 6) is -1.08. The van der Waals surface area contributed by atoms with E-state index >= 15 is 0 Å². The van der Waals surface area contributed by atoms with Crippen molar-refractivity contribution in [3.05, 3.63) is 29.6 Å². The first-order valence-electron chi connectivity index (χ1n) is 7.49. The lowest BCUT2D eigenvalue weighted by atomic mass is 10.0. The van der Waals surface area contributed by atoms with Gasteiger partial charge < -0.3 is 14.8 Å². The van der Waals surface area contributed by atoms with Crippen LogP contribution in [0.2, 0.25) is 0 Å². The summed E-state index contributed by atoms with van der Waals surface area (Å²) in [5, 5.41) is 5.54. The molecule has 1 aliphatic rings. The Balaban J connectivity index is 2.36. The number of benzene rings is 1. The average Bonchev–Trinajstić information content (AvgIpc) is 2.71. The maximum Gasteiger partial charge on any atom is 0.409 e. The molecule has 2 unspecified atom stereocenters. The SMILES string of the molecule is CCOC(=O)C1(NC(=O)OC(C)(C)C)Nc2ccc(F)cc2C1I. The Morgan fingerprint density at radius 3 is 2.67 bits per heavy atom. The first-order chi connectivity index (χ1) is 11.1. The molecule has 1 amide bonds. The van der Waals surface area contributed by atoms with Gasteiger partial charge in [-0.25, -0.2) is 14.0 Å². The lowest BCUT2D eigenvalue weighted by molar-refractivity contribution is -0.149. The van der Waals surface area contributed by atoms with E-state index in [-0.39, 0.29) is 6.61 Å². The highest BCUT2D eigenvalue weighted by Gasteiger charge is 2.54. The second kappa shape index (κ2) is 6.73. The van der Waals surface area contributed by atoms with Crippen molar-refractivity contribution in [1.29, 1.82) is 0 Å². The molecule has 0 radical (unpaired) electrons. The third-order valence-corrected chi connectivity index (χ3v) is 4.90. The minimum atomic E-state index is -1.56. The van der Waals surface area contributed by atoms with E-state index in [1.165, 1.54) is 18.2 Å². The molecule has 24 heavy (non-hydrogen) atoms. The first-order valence-corrected chi connectivity index (χ1v) is 8.73. The number of hydrogen-bond acceptors (Lipinski definition) is 5. The molecule has 2 atom stereocenters. The topological polar surface area (TPSA) is 76.7 Å². The first kappa shape index (κ1) is 18.8. The Kier molecular flexibility index (Phi) is 5.26. The lowest BCUT2D eigenvalue weighted by Gasteiger charge is -2.32. The molecule has 6 nitrogen and oxygen atoms in total. The minimum Gasteiger partial charge on any atom is -0.463 e. The van der Waals surface area contributed by atoms with Gasteiger partial charge in [-0.15, -0.1) is 0 Å². The van der Waals surface area contributed by atoms with Crippen LogP contribution in [0.1, 0.15) is 37.2 Å². The van der Waals surface area contributed by atoms with Crippen LogP contribution in [0.5, 0.6) is 0 Å². The van der Waals surface area contributed by atoms with Gasteiger partial charge in [-0.3, -0.25) is 5.32 Å². The van der Waals surface area contributed by atoms with E-state index in [0.717, 1.165) is 0 Å². The minimum absolute atomic E-state index is 0.145. The average molecular weight is 450 g/mol. The lowest BCUT2D eigenvalue weighted by Crippen LogP contribution is -2.61. The van der Waals surface area contributed by atoms with Gasteiger partial charge >= 0.3 is 12.1 Å². The summed E-state index contributed by atoms with van der Waals surface area (Å²) in [6.07, 6.45) is -0.766. The highest BCUT2D eigenvalue weighted by molar-refractivity contribution is 14.1. The van der Waals surface area contributed by atoms with Gasteiger partial charge in [0.15, 0.2) is 0 Å². The van der Waals surface area contributed by atoms with Gasteiger partial charge in [0.25, 0.3) is 0 Å². The van der Waals surface area contributed by atoms with Crippen molar-refractivity contribution in [3.8, 4) is 0 Å². The predicted octanol–water partition coefficient (Wildman–Crippen LogP) is 3.51. The van der Waals surface area contributed by atoms with Crippen LogP contribution in [0, 0.1) is 5.82 Å². The van der Waals surface area contributed by atoms with Crippen molar-refractivity contribution >= 4 is 40.3 Å². The van der Waals surface area contributed by atoms with Crippen LogP contribution in [-0.2, 0) is 14.3 Å². The summed E-state index contributed by atoms with van der Waals surface area (Å²) in [7, 11) is 0. The number of alkyl halides is 1. The van der Waals surface area contributed by atoms with E-state index in [9.17, 15) is 14.0 Å². The molecular formula is C16H20FIN2O4. The van der Waals surface area contributed by atoms with Crippen LogP contribution >= 0.6 is 22.6 Å². The number of halogens is 2. The third-order valence-electron chi connectivity index (χ3n) is 3.29. The molecule has 1 aromatic carbocycles. The van der Waals surface area contributed by atoms with Gasteiger partial charge in [-0.1, -0.05) is 22.6 Å². The number of alkyl carbamates (subject to hydrolysis) is 1. The molecule has 0 saturated carbocycles. The zero-order valence-electron chi connectivity index (χ0n) is 13.9. The van der Waals surface area contributed by atoms with Gasteiger partial charge in [-0.05, 0) is 51.5 Å². The Morgan fingerprint density at radius 1 is 1.42 bits per heavy atom. The fourth-order valence-corrected chi connectivity index (χ4v) is 3.46. The number of carbonyl (C=O) groups is 2. The number of hydrogen-bond donors (Lipinski definition) is 2. The number of nitrogens with one attached hydrogen (secondary N) is 2. The molecule has 0 bridgehead atoms. The fourth-order valence-electron chi connectivity index (χ4n) is 2.38. The molecule has 132 valence electrons. The summed E-state index contributed by atoms with van der Waals surface area (Å²) < 4.78 is 23.4. The number of fused-ring (bicyclic) bond motifs is 1. The van der Waals surface area contributed by atoms with E-state index in [1.54, 1.807) is 27.7 Å². The van der Waals surface area contributed by atoms with Gasteiger partial charge in [-0.2, -0.15) is 0 Å². The van der Waals surface area contributed by atoms with Crippen LogP contribution in [-0.4, -0.2) is 29.9 Å². The summed E-state index contributed by atoms with van der Waals surface area (Å²) in [5.41, 5.74) is -1.16. The van der Waals surface area contributed by atoms with Crippen LogP contribution in [0.4, 0.5) is 14.9 Å². The number of anilines is 1. The summed E-state index contributed by atoms with van der Waals surface area (Å²) in [6, 6.07) is 4.13. The molecular weight excluding hydrogens is 430 g/mol. The van der Waals surface area contributed by atoms with Gasteiger partial charge in [0.05, 0.1) is 10.5 Å². The monoisotopic (exact) mass is 450 g/mol. The largest absolute Gasteiger partial charge is 0.463 e. The van der Waals surface area contributed by atoms with Crippen molar-refractivity contribution < 1.29 is 23.5 Å². The quantitative estimate of drug-likeness (QED) is 0.419. The normalized spacial score (nSPS) is 22.3. The molecule has 0 aliphatic carbocycles. The Morgan fingerprint density at radius 2 is 2.08 bits per heavy atom. The molecule has 0 saturated heterocycles. The summed E-state index contributed by atoms with van der Waals surface area (Å²) in [6.45, 7) is 6.97. The molecule has 0 aromatic heterocycles. The third kappa shape index (κ3) is 3.73. The Bertz CT molecular complexity index is 662. The van der Waals surface area contributed by atoms with E-state index in [1.807, 2.05) is 22.6 Å². The van der Waals surface area contributed by atoms with Crippen molar-refractivity contribution in [2.24, 2.45) is 0 Å². The molecule has 0 spiro atoms. The second-order valence-corrected chi connectivity index (χ2v) is 7.62. The maximum absolute atomic E-state index is 13.6. The summed E-state index contributed by atoms with van der Waals surface area (Å²) >= 11 is 1.98. The molecule has 1 heterocycles. The maximum atomic E-state index is 13.6. The zero-order chi connectivity index (χ0) is 18.1. The van der Waals surface area contributed by atoms with Crippen LogP contribution < -0.4 is 10.6 Å². The second-order valence-electron chi connectivity index (χ2n) is 6.37. The Hall–Kier alpha value is -1.58. The highest BCUT2D eigenvalue weighted by Crippen LogP contribution is 2.46. The van der Waals surface area contributed by atoms with E-state index < -0.39 is 33.1 Å². The van der Waals surface area contributed by atoms with Crippen molar-refractivity contribution in [3.63, 3.8) is 0 Å². The van der Waals surface area contributed by atoms with E-state index in [0.29, 0.717) is 11.3 Å². The number of amides is 1. The van der Waals surface area contributed by atoms with Crippen molar-refractivity contribution in [1.82, 2.24) is 5.32 Å². The number of ether oxygens (including phenoxy) is 2. The highest BCUT2D eigenvalue weighted by atomic mass is 127. The van der Waals surface area contributed by atoms with E-state index in [2.05, 4.69) is 10.6 Å². The predicted molar refractivity (Wildman–Crippen MR) is 95.5 cm³/mol. The Labute approximate surface area is 153 Å². The van der Waals surface area contributed by atoms with E-state index in [4.69, 9.17) is 9.47 Å². The molecule has 0 fully saturated rings. The van der Waals surface area contributed by atoms with Gasteiger partial charge in [0, 0.05) is 5.69 Å².